The summed E-state index contributed by atoms with van der Waals surface area (Å²) in [6.07, 6.45) is 3.61. The van der Waals surface area contributed by atoms with Crippen LogP contribution in [-0.4, -0.2) is 31.2 Å². The third kappa shape index (κ3) is 2.42. The lowest BCUT2D eigenvalue weighted by molar-refractivity contribution is 0.0841. The van der Waals surface area contributed by atoms with Gasteiger partial charge in [-0.05, 0) is 37.5 Å². The highest BCUT2D eigenvalue weighted by Crippen LogP contribution is 2.34. The Hall–Kier alpha value is -1.26. The first-order chi connectivity index (χ1) is 9.17. The summed E-state index contributed by atoms with van der Waals surface area (Å²) >= 11 is 5.97. The fourth-order valence-electron chi connectivity index (χ4n) is 2.96. The molecule has 4 nitrogen and oxygen atoms in total. The molecular weight excluding hydrogens is 264 g/mol. The summed E-state index contributed by atoms with van der Waals surface area (Å²) in [5.41, 5.74) is 1.36. The lowest BCUT2D eigenvalue weighted by Crippen LogP contribution is -2.41. The quantitative estimate of drug-likeness (QED) is 0.894. The summed E-state index contributed by atoms with van der Waals surface area (Å²) in [6.45, 7) is 0. The van der Waals surface area contributed by atoms with E-state index in [1.807, 2.05) is 6.07 Å². The molecule has 2 fully saturated rings. The smallest absolute Gasteiger partial charge is 0.253 e. The minimum atomic E-state index is -0.0898. The number of amides is 1. The number of halogens is 1. The number of rotatable bonds is 3. The van der Waals surface area contributed by atoms with Crippen molar-refractivity contribution in [2.45, 2.75) is 37.5 Å². The number of hydrogen-bond donors (Lipinski definition) is 2. The predicted molar refractivity (Wildman–Crippen MR) is 74.8 cm³/mol. The van der Waals surface area contributed by atoms with Crippen molar-refractivity contribution >= 4 is 23.2 Å². The van der Waals surface area contributed by atoms with E-state index in [0.717, 1.165) is 24.9 Å². The van der Waals surface area contributed by atoms with Gasteiger partial charge in [-0.15, -0.1) is 0 Å². The van der Waals surface area contributed by atoms with Crippen LogP contribution >= 0.6 is 11.6 Å². The highest BCUT2D eigenvalue weighted by atomic mass is 35.5. The largest absolute Gasteiger partial charge is 0.387 e. The van der Waals surface area contributed by atoms with Crippen LogP contribution in [0.3, 0.4) is 0 Å². The first kappa shape index (κ1) is 12.8. The molecule has 0 spiro atoms. The van der Waals surface area contributed by atoms with Gasteiger partial charge < -0.3 is 15.4 Å². The Labute approximate surface area is 117 Å². The summed E-state index contributed by atoms with van der Waals surface area (Å²) in [5.74, 6) is -0.0898. The molecule has 2 saturated heterocycles. The first-order valence-corrected chi connectivity index (χ1v) is 6.99. The number of fused-ring (bicyclic) bond motifs is 2. The third-order valence-corrected chi connectivity index (χ3v) is 4.15. The average molecular weight is 281 g/mol. The maximum absolute atomic E-state index is 12.3. The van der Waals surface area contributed by atoms with E-state index >= 15 is 0 Å². The Morgan fingerprint density at radius 1 is 1.42 bits per heavy atom. The van der Waals surface area contributed by atoms with Gasteiger partial charge in [-0.1, -0.05) is 11.6 Å². The molecule has 0 aromatic heterocycles. The number of benzene rings is 1. The Bertz CT molecular complexity index is 506. The Balaban J connectivity index is 1.75. The predicted octanol–water partition coefficient (Wildman–Crippen LogP) is 2.43. The molecule has 2 aliphatic heterocycles. The lowest BCUT2D eigenvalue weighted by Gasteiger charge is -2.20. The number of ether oxygens (including phenoxy) is 1. The molecule has 2 aliphatic rings. The fourth-order valence-corrected chi connectivity index (χ4v) is 3.13. The Morgan fingerprint density at radius 3 is 2.89 bits per heavy atom. The van der Waals surface area contributed by atoms with Crippen molar-refractivity contribution in [2.24, 2.45) is 0 Å². The van der Waals surface area contributed by atoms with Gasteiger partial charge in [-0.2, -0.15) is 0 Å². The number of anilines is 1. The van der Waals surface area contributed by atoms with Crippen LogP contribution < -0.4 is 10.6 Å². The highest BCUT2D eigenvalue weighted by Gasteiger charge is 2.41. The van der Waals surface area contributed by atoms with E-state index in [2.05, 4.69) is 10.6 Å². The van der Waals surface area contributed by atoms with Crippen LogP contribution in [0.1, 0.15) is 29.6 Å². The van der Waals surface area contributed by atoms with E-state index in [4.69, 9.17) is 16.3 Å². The monoisotopic (exact) mass is 280 g/mol. The van der Waals surface area contributed by atoms with E-state index in [9.17, 15) is 4.79 Å². The zero-order valence-corrected chi connectivity index (χ0v) is 11.5. The van der Waals surface area contributed by atoms with Gasteiger partial charge in [0.15, 0.2) is 0 Å². The van der Waals surface area contributed by atoms with Crippen molar-refractivity contribution in [1.29, 1.82) is 0 Å². The second-order valence-electron chi connectivity index (χ2n) is 5.13. The lowest BCUT2D eigenvalue weighted by atomic mass is 9.95. The van der Waals surface area contributed by atoms with Gasteiger partial charge in [0.2, 0.25) is 0 Å². The Morgan fingerprint density at radius 2 is 2.26 bits per heavy atom. The number of nitrogens with one attached hydrogen (secondary N) is 2. The SMILES string of the molecule is CNc1ccc(Cl)cc1C(=O)NC1CC2CCC1O2. The molecule has 3 rings (SSSR count). The van der Waals surface area contributed by atoms with Crippen molar-refractivity contribution in [3.8, 4) is 0 Å². The van der Waals surface area contributed by atoms with Crippen LogP contribution in [0, 0.1) is 0 Å². The zero-order chi connectivity index (χ0) is 13.4. The van der Waals surface area contributed by atoms with Crippen molar-refractivity contribution < 1.29 is 9.53 Å². The van der Waals surface area contributed by atoms with Crippen LogP contribution in [-0.2, 0) is 4.74 Å². The zero-order valence-electron chi connectivity index (χ0n) is 10.8. The summed E-state index contributed by atoms with van der Waals surface area (Å²) in [5, 5.41) is 6.64. The molecule has 0 radical (unpaired) electrons. The van der Waals surface area contributed by atoms with Crippen molar-refractivity contribution in [3.05, 3.63) is 28.8 Å². The molecule has 0 aliphatic carbocycles. The summed E-state index contributed by atoms with van der Waals surface area (Å²) in [6, 6.07) is 5.41. The van der Waals surface area contributed by atoms with E-state index in [0.29, 0.717) is 16.7 Å². The number of hydrogen-bond acceptors (Lipinski definition) is 3. The number of carbonyl (C=O) groups is 1. The van der Waals surface area contributed by atoms with Crippen LogP contribution in [0.15, 0.2) is 18.2 Å². The van der Waals surface area contributed by atoms with Crippen LogP contribution in [0.25, 0.3) is 0 Å². The van der Waals surface area contributed by atoms with Crippen LogP contribution in [0.5, 0.6) is 0 Å². The first-order valence-electron chi connectivity index (χ1n) is 6.61. The van der Waals surface area contributed by atoms with Gasteiger partial charge in [0.1, 0.15) is 0 Å². The van der Waals surface area contributed by atoms with Gasteiger partial charge >= 0.3 is 0 Å². The van der Waals surface area contributed by atoms with Gasteiger partial charge in [0.05, 0.1) is 23.8 Å². The maximum atomic E-state index is 12.3. The molecule has 102 valence electrons. The van der Waals surface area contributed by atoms with Gasteiger partial charge in [0.25, 0.3) is 5.91 Å². The number of carbonyl (C=O) groups excluding carboxylic acids is 1. The minimum absolute atomic E-state index is 0.0898. The van der Waals surface area contributed by atoms with Crippen molar-refractivity contribution in [1.82, 2.24) is 5.32 Å². The molecule has 0 saturated carbocycles. The summed E-state index contributed by atoms with van der Waals surface area (Å²) < 4.78 is 5.75. The van der Waals surface area contributed by atoms with E-state index in [-0.39, 0.29) is 18.1 Å². The average Bonchev–Trinajstić information content (AvgIpc) is 3.01. The fraction of sp³-hybridized carbons (Fsp3) is 0.500. The second-order valence-corrected chi connectivity index (χ2v) is 5.57. The molecule has 2 heterocycles. The third-order valence-electron chi connectivity index (χ3n) is 3.92. The molecule has 2 bridgehead atoms. The maximum Gasteiger partial charge on any atom is 0.253 e. The molecular formula is C14H17ClN2O2. The molecule has 2 N–H and O–H groups in total. The summed E-state index contributed by atoms with van der Waals surface area (Å²) in [4.78, 5) is 12.3. The highest BCUT2D eigenvalue weighted by molar-refractivity contribution is 6.31. The van der Waals surface area contributed by atoms with E-state index in [1.54, 1.807) is 19.2 Å². The topological polar surface area (TPSA) is 50.4 Å². The molecule has 5 heteroatoms. The van der Waals surface area contributed by atoms with Crippen LogP contribution in [0.4, 0.5) is 5.69 Å². The van der Waals surface area contributed by atoms with E-state index in [1.165, 1.54) is 0 Å². The normalized spacial score (nSPS) is 28.4. The standard InChI is InChI=1S/C14H17ClN2O2/c1-16-11-4-2-8(15)6-10(11)14(18)17-12-7-9-3-5-13(12)19-9/h2,4,6,9,12-13,16H,3,5,7H2,1H3,(H,17,18). The molecule has 19 heavy (non-hydrogen) atoms. The van der Waals surface area contributed by atoms with Gasteiger partial charge in [0, 0.05) is 17.8 Å². The second kappa shape index (κ2) is 5.02. The molecule has 1 aromatic carbocycles. The molecule has 1 amide bonds. The van der Waals surface area contributed by atoms with Crippen LogP contribution in [0.2, 0.25) is 5.02 Å². The Kier molecular flexibility index (Phi) is 3.37. The summed E-state index contributed by atoms with van der Waals surface area (Å²) in [7, 11) is 1.79. The van der Waals surface area contributed by atoms with Crippen molar-refractivity contribution in [2.75, 3.05) is 12.4 Å². The van der Waals surface area contributed by atoms with E-state index < -0.39 is 0 Å². The van der Waals surface area contributed by atoms with Gasteiger partial charge in [-0.3, -0.25) is 4.79 Å². The van der Waals surface area contributed by atoms with Crippen molar-refractivity contribution in [3.63, 3.8) is 0 Å². The minimum Gasteiger partial charge on any atom is -0.387 e. The molecule has 1 aromatic rings. The molecule has 3 unspecified atom stereocenters. The molecule has 3 atom stereocenters. The van der Waals surface area contributed by atoms with Gasteiger partial charge in [-0.25, -0.2) is 0 Å².